The molecule has 16 heavy (non-hydrogen) atoms. The second kappa shape index (κ2) is 3.89. The molecule has 0 saturated heterocycles. The first-order chi connectivity index (χ1) is 7.39. The van der Waals surface area contributed by atoms with Gasteiger partial charge < -0.3 is 5.32 Å². The van der Waals surface area contributed by atoms with E-state index in [1.807, 2.05) is 0 Å². The second-order valence-electron chi connectivity index (χ2n) is 6.16. The third-order valence-electron chi connectivity index (χ3n) is 3.51. The lowest BCUT2D eigenvalue weighted by molar-refractivity contribution is 0.262. The monoisotopic (exact) mass is 217 g/mol. The fourth-order valence-electron chi connectivity index (χ4n) is 2.88. The van der Waals surface area contributed by atoms with E-state index >= 15 is 0 Å². The van der Waals surface area contributed by atoms with Crippen LogP contribution >= 0.6 is 0 Å². The molecule has 1 unspecified atom stereocenters. The van der Waals surface area contributed by atoms with Crippen molar-refractivity contribution in [2.24, 2.45) is 5.41 Å². The maximum atomic E-state index is 3.68. The molecular formula is C15H23N. The van der Waals surface area contributed by atoms with Crippen LogP contribution in [0.2, 0.25) is 0 Å². The normalized spacial score (nSPS) is 20.7. The van der Waals surface area contributed by atoms with Crippen LogP contribution < -0.4 is 5.32 Å². The summed E-state index contributed by atoms with van der Waals surface area (Å²) in [5.41, 5.74) is 6.23. The quantitative estimate of drug-likeness (QED) is 0.701. The van der Waals surface area contributed by atoms with Crippen LogP contribution in [0.5, 0.6) is 0 Å². The average molecular weight is 217 g/mol. The number of fused-ring (bicyclic) bond motifs is 1. The van der Waals surface area contributed by atoms with Crippen molar-refractivity contribution in [1.29, 1.82) is 0 Å². The lowest BCUT2D eigenvalue weighted by Crippen LogP contribution is -2.38. The molecule has 88 valence electrons. The Morgan fingerprint density at radius 1 is 1.19 bits per heavy atom. The van der Waals surface area contributed by atoms with Gasteiger partial charge in [-0.25, -0.2) is 0 Å². The Hall–Kier alpha value is -0.820. The average Bonchev–Trinajstić information content (AvgIpc) is 2.14. The first kappa shape index (κ1) is 11.7. The second-order valence-corrected chi connectivity index (χ2v) is 6.16. The van der Waals surface area contributed by atoms with Gasteiger partial charge in [-0.1, -0.05) is 38.5 Å². The number of hydrogen-bond donors (Lipinski definition) is 1. The molecule has 1 aliphatic heterocycles. The summed E-state index contributed by atoms with van der Waals surface area (Å²) >= 11 is 0. The summed E-state index contributed by atoms with van der Waals surface area (Å²) in [4.78, 5) is 0. The van der Waals surface area contributed by atoms with E-state index in [0.29, 0.717) is 6.04 Å². The van der Waals surface area contributed by atoms with E-state index < -0.39 is 0 Å². The fourth-order valence-corrected chi connectivity index (χ4v) is 2.88. The van der Waals surface area contributed by atoms with E-state index in [2.05, 4.69) is 52.1 Å². The molecule has 1 atom stereocenters. The maximum Gasteiger partial charge on any atom is 0.0374 e. The molecule has 0 saturated carbocycles. The van der Waals surface area contributed by atoms with Crippen molar-refractivity contribution in [3.63, 3.8) is 0 Å². The van der Waals surface area contributed by atoms with Crippen LogP contribution in [0, 0.1) is 19.3 Å². The Kier molecular flexibility index (Phi) is 2.83. The largest absolute Gasteiger partial charge is 0.309 e. The van der Waals surface area contributed by atoms with Crippen molar-refractivity contribution < 1.29 is 0 Å². The molecule has 0 aromatic heterocycles. The molecule has 0 spiro atoms. The van der Waals surface area contributed by atoms with Crippen molar-refractivity contribution in [3.05, 3.63) is 34.4 Å². The van der Waals surface area contributed by atoms with Gasteiger partial charge in [-0.2, -0.15) is 0 Å². The number of benzene rings is 1. The first-order valence-electron chi connectivity index (χ1n) is 6.23. The molecule has 1 N–H and O–H groups in total. The molecule has 1 aliphatic rings. The van der Waals surface area contributed by atoms with Crippen LogP contribution in [0.1, 0.15) is 49.1 Å². The lowest BCUT2D eigenvalue weighted by Gasteiger charge is -2.38. The van der Waals surface area contributed by atoms with Crippen LogP contribution in [0.25, 0.3) is 0 Å². The summed E-state index contributed by atoms with van der Waals surface area (Å²) in [7, 11) is 0. The zero-order valence-corrected chi connectivity index (χ0v) is 11.1. The molecule has 1 aromatic rings. The number of nitrogens with one attached hydrogen (secondary N) is 1. The van der Waals surface area contributed by atoms with Crippen LogP contribution in [0.4, 0.5) is 0 Å². The summed E-state index contributed by atoms with van der Waals surface area (Å²) in [6.07, 6.45) is 1.17. The molecule has 0 radical (unpaired) electrons. The summed E-state index contributed by atoms with van der Waals surface area (Å²) in [6, 6.07) is 5.17. The summed E-state index contributed by atoms with van der Waals surface area (Å²) in [5.74, 6) is 0. The summed E-state index contributed by atoms with van der Waals surface area (Å²) in [5, 5.41) is 3.68. The molecule has 1 nitrogen and oxygen atoms in total. The molecular weight excluding hydrogens is 194 g/mol. The third kappa shape index (κ3) is 2.01. The minimum absolute atomic E-state index is 0.287. The molecule has 1 heteroatoms. The van der Waals surface area contributed by atoms with Gasteiger partial charge in [-0.3, -0.25) is 0 Å². The fraction of sp³-hybridized carbons (Fsp3) is 0.600. The minimum atomic E-state index is 0.287. The number of aryl methyl sites for hydroxylation is 2. The highest BCUT2D eigenvalue weighted by atomic mass is 14.9. The van der Waals surface area contributed by atoms with Gasteiger partial charge in [0.05, 0.1) is 0 Å². The van der Waals surface area contributed by atoms with E-state index in [-0.39, 0.29) is 5.41 Å². The van der Waals surface area contributed by atoms with Crippen molar-refractivity contribution in [1.82, 2.24) is 5.32 Å². The SMILES string of the molecule is Cc1cc(C)c2c(c1)CCNC2C(C)(C)C. The highest BCUT2D eigenvalue weighted by Crippen LogP contribution is 2.38. The summed E-state index contributed by atoms with van der Waals surface area (Å²) < 4.78 is 0. The Labute approximate surface area is 99.3 Å². The van der Waals surface area contributed by atoms with E-state index in [4.69, 9.17) is 0 Å². The topological polar surface area (TPSA) is 12.0 Å². The van der Waals surface area contributed by atoms with E-state index in [0.717, 1.165) is 6.54 Å². The van der Waals surface area contributed by atoms with Crippen LogP contribution in [0.3, 0.4) is 0 Å². The van der Waals surface area contributed by atoms with Gasteiger partial charge >= 0.3 is 0 Å². The molecule has 0 amide bonds. The highest BCUT2D eigenvalue weighted by molar-refractivity contribution is 5.42. The van der Waals surface area contributed by atoms with E-state index in [1.165, 1.54) is 17.5 Å². The smallest absolute Gasteiger partial charge is 0.0374 e. The Morgan fingerprint density at radius 2 is 1.88 bits per heavy atom. The van der Waals surface area contributed by atoms with Gasteiger partial charge in [0, 0.05) is 6.04 Å². The zero-order valence-electron chi connectivity index (χ0n) is 11.1. The molecule has 0 aliphatic carbocycles. The third-order valence-corrected chi connectivity index (χ3v) is 3.51. The van der Waals surface area contributed by atoms with E-state index in [1.54, 1.807) is 11.1 Å². The van der Waals surface area contributed by atoms with Crippen LogP contribution in [0.15, 0.2) is 12.1 Å². The number of hydrogen-bond acceptors (Lipinski definition) is 1. The highest BCUT2D eigenvalue weighted by Gasteiger charge is 2.31. The van der Waals surface area contributed by atoms with Gasteiger partial charge in [0.25, 0.3) is 0 Å². The Balaban J connectivity index is 2.54. The molecule has 0 bridgehead atoms. The van der Waals surface area contributed by atoms with Gasteiger partial charge in [0.15, 0.2) is 0 Å². The predicted octanol–water partition coefficient (Wildman–Crippen LogP) is 3.54. The van der Waals surface area contributed by atoms with Crippen molar-refractivity contribution in [3.8, 4) is 0 Å². The maximum absolute atomic E-state index is 3.68. The van der Waals surface area contributed by atoms with Crippen LogP contribution in [-0.4, -0.2) is 6.54 Å². The van der Waals surface area contributed by atoms with Crippen molar-refractivity contribution in [2.75, 3.05) is 6.54 Å². The van der Waals surface area contributed by atoms with Gasteiger partial charge in [-0.05, 0) is 48.9 Å². The molecule has 1 heterocycles. The first-order valence-corrected chi connectivity index (χ1v) is 6.23. The Bertz CT molecular complexity index is 399. The van der Waals surface area contributed by atoms with Gasteiger partial charge in [0.1, 0.15) is 0 Å². The van der Waals surface area contributed by atoms with Crippen molar-refractivity contribution in [2.45, 2.75) is 47.1 Å². The Morgan fingerprint density at radius 3 is 2.50 bits per heavy atom. The molecule has 0 fully saturated rings. The van der Waals surface area contributed by atoms with E-state index in [9.17, 15) is 0 Å². The standard InChI is InChI=1S/C15H23N/c1-10-8-11(2)13-12(9-10)6-7-16-14(13)15(3,4)5/h8-9,14,16H,6-7H2,1-5H3. The lowest BCUT2D eigenvalue weighted by atomic mass is 9.76. The van der Waals surface area contributed by atoms with Crippen molar-refractivity contribution >= 4 is 0 Å². The minimum Gasteiger partial charge on any atom is -0.309 e. The van der Waals surface area contributed by atoms with Gasteiger partial charge in [-0.15, -0.1) is 0 Å². The molecule has 1 aromatic carbocycles. The van der Waals surface area contributed by atoms with Gasteiger partial charge in [0.2, 0.25) is 0 Å². The number of rotatable bonds is 0. The molecule has 2 rings (SSSR count). The summed E-state index contributed by atoms with van der Waals surface area (Å²) in [6.45, 7) is 12.5. The van der Waals surface area contributed by atoms with Crippen LogP contribution in [-0.2, 0) is 6.42 Å². The zero-order chi connectivity index (χ0) is 11.9. The predicted molar refractivity (Wildman–Crippen MR) is 69.8 cm³/mol.